The minimum Gasteiger partial charge on any atom is -0.714 e. The largest absolute Gasteiger partial charge is 1.00 e. The van der Waals surface area contributed by atoms with E-state index >= 15 is 0 Å². The Bertz CT molecular complexity index is 146. The van der Waals surface area contributed by atoms with Gasteiger partial charge in [-0.1, -0.05) is 0 Å². The van der Waals surface area contributed by atoms with Gasteiger partial charge in [0, 0.05) is 0 Å². The molecule has 0 aliphatic carbocycles. The normalized spacial score (nSPS) is 9.12. The fraction of sp³-hybridized carbons (Fsp3) is 0. The van der Waals surface area contributed by atoms with E-state index in [2.05, 4.69) is 4.28 Å². The Balaban J connectivity index is 0. The Morgan fingerprint density at radius 2 is 1.88 bits per heavy atom. The minimum atomic E-state index is -4.90. The molecule has 0 aromatic rings. The zero-order valence-corrected chi connectivity index (χ0v) is 6.71. The van der Waals surface area contributed by atoms with Crippen molar-refractivity contribution in [2.45, 2.75) is 0 Å². The van der Waals surface area contributed by atoms with Crippen molar-refractivity contribution in [2.75, 3.05) is 0 Å². The first-order valence-corrected chi connectivity index (χ1v) is 2.37. The van der Waals surface area contributed by atoms with Crippen molar-refractivity contribution in [1.29, 1.82) is 0 Å². The van der Waals surface area contributed by atoms with Crippen molar-refractivity contribution in [3.63, 3.8) is 0 Å². The van der Waals surface area contributed by atoms with Crippen LogP contribution in [-0.4, -0.2) is 13.0 Å². The maximum absolute atomic E-state index is 9.16. The van der Waals surface area contributed by atoms with Gasteiger partial charge in [-0.05, 0) is 0 Å². The van der Waals surface area contributed by atoms with E-state index in [0.29, 0.717) is 0 Å². The number of hydrogen-bond acceptors (Lipinski definition) is 6. The van der Waals surface area contributed by atoms with Crippen LogP contribution in [0.25, 0.3) is 0 Å². The second kappa shape index (κ2) is 4.21. The fourth-order valence-corrected chi connectivity index (χ4v) is 0.112. The first-order valence-electron chi connectivity index (χ1n) is 1.03. The van der Waals surface area contributed by atoms with Crippen LogP contribution in [0, 0.1) is 4.91 Å². The minimum absolute atomic E-state index is 0. The molecule has 0 heterocycles. The predicted octanol–water partition coefficient (Wildman–Crippen LogP) is -3.85. The van der Waals surface area contributed by atoms with Gasteiger partial charge in [0.05, 0.1) is 0 Å². The summed E-state index contributed by atoms with van der Waals surface area (Å²) in [5, 5.41) is 1.36. The van der Waals surface area contributed by atoms with Crippen molar-refractivity contribution in [3.05, 3.63) is 4.91 Å². The van der Waals surface area contributed by atoms with E-state index < -0.39 is 10.4 Å². The molecule has 0 rings (SSSR count). The summed E-state index contributed by atoms with van der Waals surface area (Å²) in [6.45, 7) is 0. The van der Waals surface area contributed by atoms with Crippen LogP contribution in [0.5, 0.6) is 0 Å². The Morgan fingerprint density at radius 3 is 1.88 bits per heavy atom. The van der Waals surface area contributed by atoms with E-state index in [-0.39, 0.29) is 29.6 Å². The SMILES string of the molecule is O=NOS(=O)(=O)[O-].[Na+]. The van der Waals surface area contributed by atoms with Gasteiger partial charge in [0.15, 0.2) is 5.34 Å². The number of hydrogen-bond donors (Lipinski definition) is 0. The molecule has 6 nitrogen and oxygen atoms in total. The molecule has 0 saturated carbocycles. The van der Waals surface area contributed by atoms with Crippen LogP contribution in [0.2, 0.25) is 0 Å². The molecule has 0 atom stereocenters. The quantitative estimate of drug-likeness (QED) is 0.132. The predicted molar refractivity (Wildman–Crippen MR) is 16.6 cm³/mol. The Hall–Kier alpha value is 0.310. The van der Waals surface area contributed by atoms with Crippen LogP contribution < -0.4 is 29.6 Å². The van der Waals surface area contributed by atoms with Gasteiger partial charge < -0.3 is 4.55 Å². The van der Waals surface area contributed by atoms with Gasteiger partial charge in [0.1, 0.15) is 0 Å². The van der Waals surface area contributed by atoms with Crippen molar-refractivity contribution in [1.82, 2.24) is 0 Å². The van der Waals surface area contributed by atoms with Gasteiger partial charge in [0.25, 0.3) is 10.4 Å². The standard InChI is InChI=1S/HNO5S.Na/c2-1-6-7(3,4)5;/h(H,3,4,5);/q;+1/p-1. The molecule has 8 heavy (non-hydrogen) atoms. The average Bonchev–Trinajstić information content (AvgIpc) is 1.30. The third-order valence-corrected chi connectivity index (χ3v) is 0.365. The van der Waals surface area contributed by atoms with Gasteiger partial charge in [0.2, 0.25) is 0 Å². The molecule has 0 aromatic heterocycles. The van der Waals surface area contributed by atoms with Gasteiger partial charge >= 0.3 is 29.6 Å². The van der Waals surface area contributed by atoms with Crippen LogP contribution in [0.1, 0.15) is 0 Å². The third-order valence-electron chi connectivity index (χ3n) is 0.122. The zero-order valence-electron chi connectivity index (χ0n) is 3.90. The molecular formula is NNaO5S. The maximum Gasteiger partial charge on any atom is 1.00 e. The molecule has 0 aliphatic heterocycles. The molecule has 0 bridgehead atoms. The summed E-state index contributed by atoms with van der Waals surface area (Å²) in [4.78, 5) is 8.77. The fourth-order valence-electron chi connectivity index (χ4n) is 0.0373. The van der Waals surface area contributed by atoms with Crippen LogP contribution in [0.15, 0.2) is 5.34 Å². The molecule has 0 radical (unpaired) electrons. The van der Waals surface area contributed by atoms with E-state index in [0.717, 1.165) is 0 Å². The van der Waals surface area contributed by atoms with Gasteiger partial charge in [-0.25, -0.2) is 4.28 Å². The van der Waals surface area contributed by atoms with E-state index in [9.17, 15) is 0 Å². The number of rotatable bonds is 2. The van der Waals surface area contributed by atoms with Gasteiger partial charge in [-0.2, -0.15) is 8.42 Å². The summed E-state index contributed by atoms with van der Waals surface area (Å²) in [5.41, 5.74) is 0. The van der Waals surface area contributed by atoms with E-state index in [1.165, 1.54) is 5.34 Å². The molecule has 0 aromatic carbocycles. The van der Waals surface area contributed by atoms with Crippen molar-refractivity contribution >= 4 is 10.4 Å². The summed E-state index contributed by atoms with van der Waals surface area (Å²) in [7, 11) is -4.90. The average molecular weight is 149 g/mol. The Kier molecular flexibility index (Phi) is 5.88. The molecule has 0 unspecified atom stereocenters. The molecule has 0 aliphatic rings. The second-order valence-corrected chi connectivity index (χ2v) is 1.52. The molecule has 8 heteroatoms. The smallest absolute Gasteiger partial charge is 0.714 e. The van der Waals surface area contributed by atoms with Crippen molar-refractivity contribution < 1.29 is 46.8 Å². The van der Waals surface area contributed by atoms with Crippen LogP contribution in [0.3, 0.4) is 0 Å². The van der Waals surface area contributed by atoms with Crippen LogP contribution in [0.4, 0.5) is 0 Å². The molecule has 0 saturated heterocycles. The van der Waals surface area contributed by atoms with Crippen LogP contribution >= 0.6 is 0 Å². The summed E-state index contributed by atoms with van der Waals surface area (Å²) < 4.78 is 30.2. The summed E-state index contributed by atoms with van der Waals surface area (Å²) in [6.07, 6.45) is 0. The molecule has 0 amide bonds. The van der Waals surface area contributed by atoms with Gasteiger partial charge in [-0.3, -0.25) is 0 Å². The molecule has 0 N–H and O–H groups in total. The first-order chi connectivity index (χ1) is 3.06. The second-order valence-electron chi connectivity index (χ2n) is 0.557. The van der Waals surface area contributed by atoms with E-state index in [1.807, 2.05) is 0 Å². The van der Waals surface area contributed by atoms with E-state index in [4.69, 9.17) is 17.9 Å². The monoisotopic (exact) mass is 149 g/mol. The van der Waals surface area contributed by atoms with Crippen LogP contribution in [-0.2, 0) is 14.7 Å². The number of nitrogens with zero attached hydrogens (tertiary/aromatic N) is 1. The molecule has 0 spiro atoms. The molecular weight excluding hydrogens is 149 g/mol. The third kappa shape index (κ3) is 9.58. The zero-order chi connectivity index (χ0) is 5.91. The summed E-state index contributed by atoms with van der Waals surface area (Å²) in [6, 6.07) is 0. The Labute approximate surface area is 67.4 Å². The first kappa shape index (κ1) is 11.2. The molecule has 0 fully saturated rings. The summed E-state index contributed by atoms with van der Waals surface area (Å²) >= 11 is 0. The maximum atomic E-state index is 9.16. The van der Waals surface area contributed by atoms with Crippen molar-refractivity contribution in [3.8, 4) is 0 Å². The Morgan fingerprint density at radius 1 is 1.50 bits per heavy atom. The van der Waals surface area contributed by atoms with Crippen molar-refractivity contribution in [2.24, 2.45) is 5.34 Å². The topological polar surface area (TPSA) is 95.9 Å². The molecule has 42 valence electrons. The van der Waals surface area contributed by atoms with E-state index in [1.54, 1.807) is 0 Å². The summed E-state index contributed by atoms with van der Waals surface area (Å²) in [5.74, 6) is 0. The van der Waals surface area contributed by atoms with Gasteiger partial charge in [-0.15, -0.1) is 4.91 Å².